The molecule has 0 N–H and O–H groups in total. The highest BCUT2D eigenvalue weighted by Gasteiger charge is 2.14. The number of ether oxygens (including phenoxy) is 1. The Labute approximate surface area is 88.0 Å². The van der Waals surface area contributed by atoms with Crippen LogP contribution < -0.4 is 0 Å². The van der Waals surface area contributed by atoms with Gasteiger partial charge in [-0.3, -0.25) is 4.79 Å². The second-order valence-corrected chi connectivity index (χ2v) is 3.32. The van der Waals surface area contributed by atoms with Gasteiger partial charge >= 0.3 is 5.97 Å². The van der Waals surface area contributed by atoms with Crippen LogP contribution in [0, 0.1) is 5.82 Å². The van der Waals surface area contributed by atoms with E-state index in [-0.39, 0.29) is 11.1 Å². The lowest BCUT2D eigenvalue weighted by molar-refractivity contribution is 0.0599. The first kappa shape index (κ1) is 10.8. The number of rotatable bonds is 2. The van der Waals surface area contributed by atoms with Crippen molar-refractivity contribution in [3.63, 3.8) is 0 Å². The summed E-state index contributed by atoms with van der Waals surface area (Å²) in [4.78, 5) is 21.4. The zero-order chi connectivity index (χ0) is 10.7. The summed E-state index contributed by atoms with van der Waals surface area (Å²) in [7, 11) is 1.19. The Balaban J connectivity index is 3.28. The summed E-state index contributed by atoms with van der Waals surface area (Å²) in [5.74, 6) is -1.41. The minimum absolute atomic E-state index is 0.0515. The van der Waals surface area contributed by atoms with Gasteiger partial charge in [0.15, 0.2) is 6.29 Å². The van der Waals surface area contributed by atoms with E-state index in [0.29, 0.717) is 10.8 Å². The molecule has 1 aromatic carbocycles. The Morgan fingerprint density at radius 3 is 2.71 bits per heavy atom. The van der Waals surface area contributed by atoms with Gasteiger partial charge in [0.25, 0.3) is 0 Å². The Hall–Kier alpha value is -1.23. The molecule has 14 heavy (non-hydrogen) atoms. The van der Waals surface area contributed by atoms with Gasteiger partial charge < -0.3 is 4.74 Å². The van der Waals surface area contributed by atoms with Crippen molar-refractivity contribution in [3.8, 4) is 0 Å². The number of methoxy groups -OCH3 is 1. The standard InChI is InChI=1S/C9H6BrFO3/c1-14-9(13)6-3-8(11)5(4-12)2-7(6)10/h2-4H,1H3. The number of carbonyl (C=O) groups excluding carboxylic acids is 2. The third-order valence-corrected chi connectivity index (χ3v) is 2.27. The molecular formula is C9H6BrFO3. The van der Waals surface area contributed by atoms with E-state index in [4.69, 9.17) is 0 Å². The number of hydrogen-bond acceptors (Lipinski definition) is 3. The minimum Gasteiger partial charge on any atom is -0.465 e. The Kier molecular flexibility index (Phi) is 3.35. The molecule has 0 aliphatic rings. The highest BCUT2D eigenvalue weighted by atomic mass is 79.9. The van der Waals surface area contributed by atoms with Crippen molar-refractivity contribution in [2.24, 2.45) is 0 Å². The fourth-order valence-electron chi connectivity index (χ4n) is 0.919. The van der Waals surface area contributed by atoms with Gasteiger partial charge in [0.2, 0.25) is 0 Å². The van der Waals surface area contributed by atoms with Crippen molar-refractivity contribution in [2.45, 2.75) is 0 Å². The first-order valence-corrected chi connectivity index (χ1v) is 4.42. The van der Waals surface area contributed by atoms with Crippen molar-refractivity contribution < 1.29 is 18.7 Å². The summed E-state index contributed by atoms with van der Waals surface area (Å²) < 4.78 is 17.8. The van der Waals surface area contributed by atoms with Crippen LogP contribution in [0.5, 0.6) is 0 Å². The number of benzene rings is 1. The summed E-state index contributed by atoms with van der Waals surface area (Å²) in [5.41, 5.74) is -0.0554. The van der Waals surface area contributed by atoms with E-state index in [0.717, 1.165) is 6.07 Å². The second kappa shape index (κ2) is 4.32. The van der Waals surface area contributed by atoms with Crippen LogP contribution in [0.1, 0.15) is 20.7 Å². The summed E-state index contributed by atoms with van der Waals surface area (Å²) in [6.07, 6.45) is 0.376. The van der Waals surface area contributed by atoms with E-state index in [2.05, 4.69) is 20.7 Å². The van der Waals surface area contributed by atoms with E-state index in [1.807, 2.05) is 0 Å². The summed E-state index contributed by atoms with van der Waals surface area (Å²) >= 11 is 3.04. The van der Waals surface area contributed by atoms with Crippen LogP contribution >= 0.6 is 15.9 Å². The molecule has 0 saturated heterocycles. The van der Waals surface area contributed by atoms with Crippen molar-refractivity contribution in [2.75, 3.05) is 7.11 Å². The average molecular weight is 261 g/mol. The molecule has 0 saturated carbocycles. The molecule has 0 aliphatic heterocycles. The molecule has 0 atom stereocenters. The second-order valence-electron chi connectivity index (χ2n) is 2.46. The molecular weight excluding hydrogens is 255 g/mol. The third kappa shape index (κ3) is 1.98. The summed E-state index contributed by atoms with van der Waals surface area (Å²) in [6.45, 7) is 0. The van der Waals surface area contributed by atoms with E-state index in [1.165, 1.54) is 13.2 Å². The predicted molar refractivity (Wildman–Crippen MR) is 50.8 cm³/mol. The molecule has 74 valence electrons. The zero-order valence-corrected chi connectivity index (χ0v) is 8.80. The van der Waals surface area contributed by atoms with Gasteiger partial charge in [0.05, 0.1) is 18.2 Å². The highest BCUT2D eigenvalue weighted by molar-refractivity contribution is 9.10. The predicted octanol–water partition coefficient (Wildman–Crippen LogP) is 2.19. The maximum Gasteiger partial charge on any atom is 0.339 e. The number of aldehydes is 1. The first-order chi connectivity index (χ1) is 6.60. The molecule has 0 fully saturated rings. The van der Waals surface area contributed by atoms with Crippen molar-refractivity contribution >= 4 is 28.2 Å². The normalized spacial score (nSPS) is 9.64. The van der Waals surface area contributed by atoms with Gasteiger partial charge in [0, 0.05) is 4.47 Å². The molecule has 1 rings (SSSR count). The number of esters is 1. The molecule has 5 heteroatoms. The lowest BCUT2D eigenvalue weighted by Crippen LogP contribution is -2.04. The Morgan fingerprint density at radius 2 is 2.21 bits per heavy atom. The van der Waals surface area contributed by atoms with Gasteiger partial charge in [-0.15, -0.1) is 0 Å². The van der Waals surface area contributed by atoms with Crippen molar-refractivity contribution in [3.05, 3.63) is 33.5 Å². The van der Waals surface area contributed by atoms with Gasteiger partial charge in [-0.25, -0.2) is 9.18 Å². The van der Waals surface area contributed by atoms with Crippen molar-refractivity contribution in [1.29, 1.82) is 0 Å². The van der Waals surface area contributed by atoms with Gasteiger partial charge in [-0.1, -0.05) is 0 Å². The molecule has 3 nitrogen and oxygen atoms in total. The van der Waals surface area contributed by atoms with Gasteiger partial charge in [0.1, 0.15) is 5.82 Å². The summed E-state index contributed by atoms with van der Waals surface area (Å²) in [6, 6.07) is 2.19. The van der Waals surface area contributed by atoms with Crippen LogP contribution in [-0.2, 0) is 4.74 Å². The van der Waals surface area contributed by atoms with E-state index >= 15 is 0 Å². The Bertz CT molecular complexity index is 390. The lowest BCUT2D eigenvalue weighted by Gasteiger charge is -2.03. The smallest absolute Gasteiger partial charge is 0.339 e. The lowest BCUT2D eigenvalue weighted by atomic mass is 10.1. The van der Waals surface area contributed by atoms with E-state index in [1.54, 1.807) is 0 Å². The molecule has 0 unspecified atom stereocenters. The highest BCUT2D eigenvalue weighted by Crippen LogP contribution is 2.21. The molecule has 0 heterocycles. The maximum absolute atomic E-state index is 13.1. The average Bonchev–Trinajstić information content (AvgIpc) is 2.19. The van der Waals surface area contributed by atoms with E-state index in [9.17, 15) is 14.0 Å². The zero-order valence-electron chi connectivity index (χ0n) is 7.21. The van der Waals surface area contributed by atoms with Crippen LogP contribution in [0.25, 0.3) is 0 Å². The van der Waals surface area contributed by atoms with Crippen LogP contribution in [0.2, 0.25) is 0 Å². The molecule has 0 radical (unpaired) electrons. The quantitative estimate of drug-likeness (QED) is 0.605. The third-order valence-electron chi connectivity index (χ3n) is 1.62. The molecule has 0 aliphatic carbocycles. The molecule has 0 spiro atoms. The fourth-order valence-corrected chi connectivity index (χ4v) is 1.44. The molecule has 0 bridgehead atoms. The van der Waals surface area contributed by atoms with Gasteiger partial charge in [-0.05, 0) is 28.1 Å². The minimum atomic E-state index is -0.747. The largest absolute Gasteiger partial charge is 0.465 e. The molecule has 0 amide bonds. The monoisotopic (exact) mass is 260 g/mol. The maximum atomic E-state index is 13.1. The van der Waals surface area contributed by atoms with Crippen LogP contribution in [0.3, 0.4) is 0 Å². The molecule has 0 aromatic heterocycles. The van der Waals surface area contributed by atoms with Crippen LogP contribution in [0.4, 0.5) is 4.39 Å². The number of halogens is 2. The summed E-state index contributed by atoms with van der Waals surface area (Å²) in [5, 5.41) is 0. The molecule has 1 aromatic rings. The van der Waals surface area contributed by atoms with Gasteiger partial charge in [-0.2, -0.15) is 0 Å². The SMILES string of the molecule is COC(=O)c1cc(F)c(C=O)cc1Br. The topological polar surface area (TPSA) is 43.4 Å². The number of carbonyl (C=O) groups is 2. The van der Waals surface area contributed by atoms with Crippen molar-refractivity contribution in [1.82, 2.24) is 0 Å². The number of hydrogen-bond donors (Lipinski definition) is 0. The fraction of sp³-hybridized carbons (Fsp3) is 0.111. The van der Waals surface area contributed by atoms with Crippen LogP contribution in [-0.4, -0.2) is 19.4 Å². The first-order valence-electron chi connectivity index (χ1n) is 3.62. The van der Waals surface area contributed by atoms with Crippen LogP contribution in [0.15, 0.2) is 16.6 Å². The van der Waals surface area contributed by atoms with E-state index < -0.39 is 11.8 Å². The Morgan fingerprint density at radius 1 is 1.57 bits per heavy atom.